The van der Waals surface area contributed by atoms with Crippen molar-refractivity contribution in [1.29, 1.82) is 0 Å². The Morgan fingerprint density at radius 1 is 1.06 bits per heavy atom. The predicted octanol–water partition coefficient (Wildman–Crippen LogP) is 2.06. The fourth-order valence-corrected chi connectivity index (χ4v) is 4.19. The number of piperidine rings is 2. The van der Waals surface area contributed by atoms with Gasteiger partial charge in [-0.2, -0.15) is 0 Å². The summed E-state index contributed by atoms with van der Waals surface area (Å²) in [6, 6.07) is 0. The van der Waals surface area contributed by atoms with Crippen LogP contribution in [0.15, 0.2) is 4.99 Å². The van der Waals surface area contributed by atoms with Gasteiger partial charge >= 0.3 is 0 Å². The normalized spacial score (nSPS) is 19.3. The lowest BCUT2D eigenvalue weighted by Gasteiger charge is -2.34. The lowest BCUT2D eigenvalue weighted by molar-refractivity contribution is -0.123. The molecule has 2 fully saturated rings. The number of unbranched alkanes of at least 4 members (excludes halogenated alkanes) is 1. The third-order valence-corrected chi connectivity index (χ3v) is 6.06. The van der Waals surface area contributed by atoms with Crippen LogP contribution in [0.4, 0.5) is 0 Å². The number of aliphatic imine (C=N–C) groups is 1. The second kappa shape index (κ2) is 16.9. The molecule has 2 aliphatic rings. The molecule has 0 aromatic heterocycles. The molecule has 0 bridgehead atoms. The van der Waals surface area contributed by atoms with Crippen molar-refractivity contribution in [2.45, 2.75) is 58.0 Å². The first-order valence-corrected chi connectivity index (χ1v) is 11.8. The van der Waals surface area contributed by atoms with E-state index in [4.69, 9.17) is 20.2 Å². The zero-order valence-corrected chi connectivity index (χ0v) is 21.9. The summed E-state index contributed by atoms with van der Waals surface area (Å²) >= 11 is 0. The minimum atomic E-state index is -0.137. The van der Waals surface area contributed by atoms with Crippen LogP contribution in [-0.2, 0) is 14.3 Å². The Morgan fingerprint density at radius 2 is 1.77 bits per heavy atom. The predicted molar refractivity (Wildman–Crippen MR) is 136 cm³/mol. The van der Waals surface area contributed by atoms with Crippen LogP contribution in [0.5, 0.6) is 0 Å². The molecule has 2 rings (SSSR count). The fraction of sp³-hybridized carbons (Fsp3) is 0.909. The zero-order chi connectivity index (χ0) is 21.6. The van der Waals surface area contributed by atoms with E-state index in [1.54, 1.807) is 7.11 Å². The van der Waals surface area contributed by atoms with Gasteiger partial charge in [-0.3, -0.25) is 9.79 Å². The van der Waals surface area contributed by atoms with Crippen LogP contribution < -0.4 is 11.1 Å². The molecular formula is C22H44IN5O3. The number of primary amides is 1. The van der Waals surface area contributed by atoms with Gasteiger partial charge < -0.3 is 30.3 Å². The molecule has 1 amide bonds. The smallest absolute Gasteiger partial charge is 0.220 e. The molecule has 8 nitrogen and oxygen atoms in total. The Bertz CT molecular complexity index is 507. The molecule has 182 valence electrons. The average molecular weight is 554 g/mol. The van der Waals surface area contributed by atoms with E-state index in [-0.39, 0.29) is 35.8 Å². The molecule has 0 radical (unpaired) electrons. The van der Waals surface area contributed by atoms with Crippen LogP contribution in [-0.4, -0.2) is 93.9 Å². The van der Waals surface area contributed by atoms with Crippen LogP contribution in [0, 0.1) is 5.92 Å². The van der Waals surface area contributed by atoms with Gasteiger partial charge in [-0.05, 0) is 71.5 Å². The summed E-state index contributed by atoms with van der Waals surface area (Å²) in [5.41, 5.74) is 5.41. The first-order valence-electron chi connectivity index (χ1n) is 11.8. The number of methoxy groups -OCH3 is 1. The molecule has 0 aliphatic carbocycles. The number of nitrogens with two attached hydrogens (primary N) is 1. The third kappa shape index (κ3) is 11.2. The number of ether oxygens (including phenoxy) is 2. The van der Waals surface area contributed by atoms with Gasteiger partial charge in [0.2, 0.25) is 5.91 Å². The second-order valence-electron chi connectivity index (χ2n) is 8.36. The topological polar surface area (TPSA) is 92.4 Å². The van der Waals surface area contributed by atoms with Crippen molar-refractivity contribution in [3.8, 4) is 0 Å². The number of halogens is 1. The molecule has 0 aromatic carbocycles. The Kier molecular flexibility index (Phi) is 15.5. The van der Waals surface area contributed by atoms with Gasteiger partial charge in [0.1, 0.15) is 0 Å². The summed E-state index contributed by atoms with van der Waals surface area (Å²) in [5, 5.41) is 3.45. The van der Waals surface area contributed by atoms with Crippen LogP contribution in [0.3, 0.4) is 0 Å². The molecule has 0 spiro atoms. The maximum atomic E-state index is 11.3. The molecule has 2 saturated heterocycles. The summed E-state index contributed by atoms with van der Waals surface area (Å²) in [4.78, 5) is 20.9. The van der Waals surface area contributed by atoms with Gasteiger partial charge in [0, 0.05) is 52.4 Å². The van der Waals surface area contributed by atoms with E-state index in [9.17, 15) is 4.79 Å². The molecule has 0 atom stereocenters. The van der Waals surface area contributed by atoms with E-state index >= 15 is 0 Å². The van der Waals surface area contributed by atoms with Crippen molar-refractivity contribution in [1.82, 2.24) is 15.1 Å². The number of guanidine groups is 1. The number of carbonyl (C=O) groups is 1. The van der Waals surface area contributed by atoms with E-state index in [0.29, 0.717) is 6.10 Å². The number of hydrogen-bond acceptors (Lipinski definition) is 5. The standard InChI is InChI=1S/C22H43N5O3.HI/c1-3-24-22(27-15-9-20(10-16-27)30-18-6-17-29-2)25-11-4-5-12-26-13-7-19(8-14-26)21(23)28;/h19-20H,3-18H2,1-2H3,(H2,23,28)(H,24,25);1H. The lowest BCUT2D eigenvalue weighted by atomic mass is 9.96. The molecule has 3 N–H and O–H groups in total. The molecular weight excluding hydrogens is 509 g/mol. The third-order valence-electron chi connectivity index (χ3n) is 6.06. The lowest BCUT2D eigenvalue weighted by Crippen LogP contribution is -2.47. The van der Waals surface area contributed by atoms with Crippen molar-refractivity contribution in [2.24, 2.45) is 16.6 Å². The Hall–Kier alpha value is -0.650. The maximum Gasteiger partial charge on any atom is 0.220 e. The van der Waals surface area contributed by atoms with Crippen molar-refractivity contribution in [2.75, 3.05) is 66.1 Å². The van der Waals surface area contributed by atoms with E-state index in [1.165, 1.54) is 0 Å². The van der Waals surface area contributed by atoms with Gasteiger partial charge in [0.25, 0.3) is 0 Å². The van der Waals surface area contributed by atoms with Crippen molar-refractivity contribution in [3.05, 3.63) is 0 Å². The van der Waals surface area contributed by atoms with E-state index in [0.717, 1.165) is 110 Å². The largest absolute Gasteiger partial charge is 0.385 e. The first-order chi connectivity index (χ1) is 14.6. The zero-order valence-electron chi connectivity index (χ0n) is 19.5. The molecule has 2 aliphatic heterocycles. The summed E-state index contributed by atoms with van der Waals surface area (Å²) in [7, 11) is 1.73. The molecule has 0 unspecified atom stereocenters. The Morgan fingerprint density at radius 3 is 2.39 bits per heavy atom. The van der Waals surface area contributed by atoms with Crippen LogP contribution in [0.1, 0.15) is 51.9 Å². The highest BCUT2D eigenvalue weighted by Gasteiger charge is 2.23. The monoisotopic (exact) mass is 553 g/mol. The van der Waals surface area contributed by atoms with Gasteiger partial charge in [0.15, 0.2) is 5.96 Å². The van der Waals surface area contributed by atoms with Crippen LogP contribution >= 0.6 is 24.0 Å². The molecule has 9 heteroatoms. The second-order valence-corrected chi connectivity index (χ2v) is 8.36. The highest BCUT2D eigenvalue weighted by atomic mass is 127. The van der Waals surface area contributed by atoms with Gasteiger partial charge in [-0.25, -0.2) is 0 Å². The van der Waals surface area contributed by atoms with E-state index < -0.39 is 0 Å². The summed E-state index contributed by atoms with van der Waals surface area (Å²) in [6.07, 6.45) is 7.47. The Labute approximate surface area is 205 Å². The van der Waals surface area contributed by atoms with Gasteiger partial charge in [-0.1, -0.05) is 0 Å². The molecule has 31 heavy (non-hydrogen) atoms. The van der Waals surface area contributed by atoms with Crippen molar-refractivity contribution in [3.63, 3.8) is 0 Å². The number of hydrogen-bond donors (Lipinski definition) is 2. The molecule has 2 heterocycles. The number of nitrogens with zero attached hydrogens (tertiary/aromatic N) is 3. The number of likely N-dealkylation sites (tertiary alicyclic amines) is 2. The maximum absolute atomic E-state index is 11.3. The highest BCUT2D eigenvalue weighted by Crippen LogP contribution is 2.17. The van der Waals surface area contributed by atoms with Gasteiger partial charge in [-0.15, -0.1) is 24.0 Å². The summed E-state index contributed by atoms with van der Waals surface area (Å²) in [6.45, 7) is 10.5. The summed E-state index contributed by atoms with van der Waals surface area (Å²) < 4.78 is 11.0. The molecule has 0 saturated carbocycles. The number of amides is 1. The quantitative estimate of drug-likeness (QED) is 0.167. The summed E-state index contributed by atoms with van der Waals surface area (Å²) in [5.74, 6) is 0.979. The van der Waals surface area contributed by atoms with E-state index in [1.807, 2.05) is 0 Å². The SMILES string of the molecule is CCNC(=NCCCCN1CCC(C(N)=O)CC1)N1CCC(OCCCOC)CC1.I. The Balaban J connectivity index is 0.00000480. The number of carbonyl (C=O) groups excluding carboxylic acids is 1. The van der Waals surface area contributed by atoms with Crippen LogP contribution in [0.25, 0.3) is 0 Å². The fourth-order valence-electron chi connectivity index (χ4n) is 4.19. The van der Waals surface area contributed by atoms with Crippen LogP contribution in [0.2, 0.25) is 0 Å². The molecule has 0 aromatic rings. The number of rotatable bonds is 12. The minimum Gasteiger partial charge on any atom is -0.385 e. The average Bonchev–Trinajstić information content (AvgIpc) is 2.76. The van der Waals surface area contributed by atoms with Crippen molar-refractivity contribution < 1.29 is 14.3 Å². The number of nitrogens with one attached hydrogen (secondary N) is 1. The minimum absolute atomic E-state index is 0. The first kappa shape index (κ1) is 28.4. The van der Waals surface area contributed by atoms with Crippen molar-refractivity contribution >= 4 is 35.8 Å². The van der Waals surface area contributed by atoms with E-state index in [2.05, 4.69) is 22.0 Å². The van der Waals surface area contributed by atoms with Gasteiger partial charge in [0.05, 0.1) is 6.10 Å². The highest BCUT2D eigenvalue weighted by molar-refractivity contribution is 14.0.